The third-order valence-corrected chi connectivity index (χ3v) is 3.43. The standard InChI is InChI=1S/C15H13BrN2O2S/c16-10-3-6-13(19)12(8-10)15(20)18-11-4-1-9(2-5-11)7-14(17)21/h1-6,8,19H,7H2,(H2,17,21)(H,18,20). The lowest BCUT2D eigenvalue weighted by Crippen LogP contribution is -2.13. The van der Waals surface area contributed by atoms with Gasteiger partial charge in [0, 0.05) is 16.6 Å². The molecule has 4 nitrogen and oxygen atoms in total. The van der Waals surface area contributed by atoms with E-state index in [-0.39, 0.29) is 17.2 Å². The van der Waals surface area contributed by atoms with Crippen molar-refractivity contribution in [2.45, 2.75) is 6.42 Å². The van der Waals surface area contributed by atoms with Gasteiger partial charge in [-0.3, -0.25) is 4.79 Å². The summed E-state index contributed by atoms with van der Waals surface area (Å²) in [6.07, 6.45) is 0.524. The summed E-state index contributed by atoms with van der Waals surface area (Å²) in [5.74, 6) is -0.448. The molecular weight excluding hydrogens is 352 g/mol. The van der Waals surface area contributed by atoms with Crippen LogP contribution in [0.2, 0.25) is 0 Å². The molecule has 0 saturated carbocycles. The van der Waals surface area contributed by atoms with E-state index in [4.69, 9.17) is 18.0 Å². The van der Waals surface area contributed by atoms with Gasteiger partial charge in [-0.05, 0) is 35.9 Å². The zero-order chi connectivity index (χ0) is 15.4. The molecule has 0 aliphatic rings. The minimum atomic E-state index is -0.379. The predicted molar refractivity (Wildman–Crippen MR) is 90.7 cm³/mol. The van der Waals surface area contributed by atoms with Gasteiger partial charge in [0.15, 0.2) is 0 Å². The topological polar surface area (TPSA) is 75.3 Å². The lowest BCUT2D eigenvalue weighted by atomic mass is 10.1. The van der Waals surface area contributed by atoms with Crippen molar-refractivity contribution in [1.82, 2.24) is 0 Å². The SMILES string of the molecule is NC(=S)Cc1ccc(NC(=O)c2cc(Br)ccc2O)cc1. The second kappa shape index (κ2) is 6.69. The van der Waals surface area contributed by atoms with E-state index in [1.54, 1.807) is 24.3 Å². The van der Waals surface area contributed by atoms with E-state index in [2.05, 4.69) is 21.2 Å². The zero-order valence-corrected chi connectivity index (χ0v) is 13.4. The van der Waals surface area contributed by atoms with E-state index in [0.717, 1.165) is 10.0 Å². The molecule has 2 aromatic carbocycles. The third kappa shape index (κ3) is 4.27. The molecule has 1 amide bonds. The Morgan fingerprint density at radius 3 is 2.52 bits per heavy atom. The molecule has 0 bridgehead atoms. The fourth-order valence-corrected chi connectivity index (χ4v) is 2.32. The van der Waals surface area contributed by atoms with Gasteiger partial charge in [0.25, 0.3) is 5.91 Å². The summed E-state index contributed by atoms with van der Waals surface area (Å²) < 4.78 is 0.720. The lowest BCUT2D eigenvalue weighted by Gasteiger charge is -2.08. The van der Waals surface area contributed by atoms with Gasteiger partial charge in [-0.2, -0.15) is 0 Å². The molecule has 0 aliphatic heterocycles. The first-order valence-corrected chi connectivity index (χ1v) is 7.33. The Balaban J connectivity index is 2.12. The maximum atomic E-state index is 12.1. The molecule has 0 heterocycles. The minimum absolute atomic E-state index is 0.0687. The van der Waals surface area contributed by atoms with Crippen molar-refractivity contribution in [2.75, 3.05) is 5.32 Å². The number of carbonyl (C=O) groups is 1. The van der Waals surface area contributed by atoms with Gasteiger partial charge >= 0.3 is 0 Å². The first kappa shape index (κ1) is 15.5. The normalized spacial score (nSPS) is 10.1. The maximum absolute atomic E-state index is 12.1. The number of aromatic hydroxyl groups is 1. The molecular formula is C15H13BrN2O2S. The van der Waals surface area contributed by atoms with Gasteiger partial charge in [0.05, 0.1) is 10.6 Å². The lowest BCUT2D eigenvalue weighted by molar-refractivity contribution is 0.102. The predicted octanol–water partition coefficient (Wildman–Crippen LogP) is 3.24. The quantitative estimate of drug-likeness (QED) is 0.728. The summed E-state index contributed by atoms with van der Waals surface area (Å²) >= 11 is 8.11. The number of phenolic OH excluding ortho intramolecular Hbond substituents is 1. The van der Waals surface area contributed by atoms with Crippen LogP contribution in [-0.4, -0.2) is 16.0 Å². The highest BCUT2D eigenvalue weighted by Crippen LogP contribution is 2.23. The second-order valence-electron chi connectivity index (χ2n) is 4.46. The first-order chi connectivity index (χ1) is 9.95. The summed E-state index contributed by atoms with van der Waals surface area (Å²) in [6.45, 7) is 0. The van der Waals surface area contributed by atoms with Crippen LogP contribution < -0.4 is 11.1 Å². The number of hydrogen-bond donors (Lipinski definition) is 3. The van der Waals surface area contributed by atoms with Gasteiger partial charge in [0.1, 0.15) is 5.75 Å². The second-order valence-corrected chi connectivity index (χ2v) is 5.90. The van der Waals surface area contributed by atoms with Crippen LogP contribution in [0.1, 0.15) is 15.9 Å². The Morgan fingerprint density at radius 2 is 1.90 bits per heavy atom. The summed E-state index contributed by atoms with van der Waals surface area (Å²) in [5, 5.41) is 12.4. The number of nitrogens with one attached hydrogen (secondary N) is 1. The monoisotopic (exact) mass is 364 g/mol. The van der Waals surface area contributed by atoms with Crippen molar-refractivity contribution >= 4 is 44.7 Å². The Hall–Kier alpha value is -1.92. The van der Waals surface area contributed by atoms with Crippen molar-refractivity contribution in [2.24, 2.45) is 5.73 Å². The van der Waals surface area contributed by atoms with Crippen molar-refractivity contribution in [3.05, 3.63) is 58.1 Å². The smallest absolute Gasteiger partial charge is 0.259 e. The summed E-state index contributed by atoms with van der Waals surface area (Å²) in [4.78, 5) is 12.5. The van der Waals surface area contributed by atoms with Crippen molar-refractivity contribution in [1.29, 1.82) is 0 Å². The van der Waals surface area contributed by atoms with E-state index in [1.807, 2.05) is 12.1 Å². The molecule has 0 aromatic heterocycles. The molecule has 0 radical (unpaired) electrons. The van der Waals surface area contributed by atoms with Gasteiger partial charge in [-0.1, -0.05) is 40.3 Å². The van der Waals surface area contributed by atoms with Gasteiger partial charge in [0.2, 0.25) is 0 Å². The first-order valence-electron chi connectivity index (χ1n) is 6.13. The molecule has 0 atom stereocenters. The van der Waals surface area contributed by atoms with Crippen LogP contribution in [0.5, 0.6) is 5.75 Å². The molecule has 2 rings (SSSR count). The van der Waals surface area contributed by atoms with Gasteiger partial charge < -0.3 is 16.2 Å². The Bertz CT molecular complexity index is 687. The van der Waals surface area contributed by atoms with Crippen LogP contribution in [0, 0.1) is 0 Å². The largest absolute Gasteiger partial charge is 0.507 e. The number of rotatable bonds is 4. The van der Waals surface area contributed by atoms with Crippen molar-refractivity contribution < 1.29 is 9.90 Å². The summed E-state index contributed by atoms with van der Waals surface area (Å²) in [7, 11) is 0. The van der Waals surface area contributed by atoms with E-state index in [0.29, 0.717) is 17.1 Å². The molecule has 108 valence electrons. The molecule has 0 aliphatic carbocycles. The number of phenols is 1. The minimum Gasteiger partial charge on any atom is -0.507 e. The summed E-state index contributed by atoms with van der Waals surface area (Å²) in [5.41, 5.74) is 7.29. The fourth-order valence-electron chi connectivity index (χ4n) is 1.80. The highest BCUT2D eigenvalue weighted by molar-refractivity contribution is 9.10. The number of thiocarbonyl (C=S) groups is 1. The maximum Gasteiger partial charge on any atom is 0.259 e. The molecule has 0 spiro atoms. The Kier molecular flexibility index (Phi) is 4.93. The average Bonchev–Trinajstić information content (AvgIpc) is 2.43. The molecule has 0 saturated heterocycles. The number of nitrogens with two attached hydrogens (primary N) is 1. The van der Waals surface area contributed by atoms with Crippen LogP contribution in [0.4, 0.5) is 5.69 Å². The van der Waals surface area contributed by atoms with Crippen LogP contribution in [-0.2, 0) is 6.42 Å². The van der Waals surface area contributed by atoms with Crippen LogP contribution in [0.15, 0.2) is 46.9 Å². The molecule has 0 unspecified atom stereocenters. The Labute approximate surface area is 136 Å². The average molecular weight is 365 g/mol. The van der Waals surface area contributed by atoms with E-state index in [9.17, 15) is 9.90 Å². The Morgan fingerprint density at radius 1 is 1.24 bits per heavy atom. The molecule has 2 aromatic rings. The number of anilines is 1. The van der Waals surface area contributed by atoms with Crippen LogP contribution >= 0.6 is 28.1 Å². The number of carbonyl (C=O) groups excluding carboxylic acids is 1. The van der Waals surface area contributed by atoms with Gasteiger partial charge in [-0.15, -0.1) is 0 Å². The number of halogens is 1. The zero-order valence-electron chi connectivity index (χ0n) is 11.0. The van der Waals surface area contributed by atoms with Crippen LogP contribution in [0.3, 0.4) is 0 Å². The van der Waals surface area contributed by atoms with E-state index < -0.39 is 0 Å². The third-order valence-electron chi connectivity index (χ3n) is 2.79. The van der Waals surface area contributed by atoms with Gasteiger partial charge in [-0.25, -0.2) is 0 Å². The number of amides is 1. The van der Waals surface area contributed by atoms with E-state index >= 15 is 0 Å². The highest BCUT2D eigenvalue weighted by Gasteiger charge is 2.11. The molecule has 4 N–H and O–H groups in total. The fraction of sp³-hybridized carbons (Fsp3) is 0.0667. The van der Waals surface area contributed by atoms with Crippen LogP contribution in [0.25, 0.3) is 0 Å². The summed E-state index contributed by atoms with van der Waals surface area (Å²) in [6, 6.07) is 11.9. The molecule has 0 fully saturated rings. The van der Waals surface area contributed by atoms with Crippen molar-refractivity contribution in [3.63, 3.8) is 0 Å². The number of hydrogen-bond acceptors (Lipinski definition) is 3. The highest BCUT2D eigenvalue weighted by atomic mass is 79.9. The number of benzene rings is 2. The van der Waals surface area contributed by atoms with E-state index in [1.165, 1.54) is 6.07 Å². The van der Waals surface area contributed by atoms with Crippen molar-refractivity contribution in [3.8, 4) is 5.75 Å². The molecule has 6 heteroatoms. The molecule has 21 heavy (non-hydrogen) atoms.